The number of fused-ring (bicyclic) bond motifs is 1. The van der Waals surface area contributed by atoms with E-state index in [1.807, 2.05) is 17.7 Å². The van der Waals surface area contributed by atoms with Crippen LogP contribution in [-0.2, 0) is 6.54 Å². The van der Waals surface area contributed by atoms with Gasteiger partial charge in [-0.25, -0.2) is 0 Å². The number of hydrogen-bond donors (Lipinski definition) is 2. The summed E-state index contributed by atoms with van der Waals surface area (Å²) in [5.74, 6) is 0.0457. The third-order valence-electron chi connectivity index (χ3n) is 5.20. The summed E-state index contributed by atoms with van der Waals surface area (Å²) in [6, 6.07) is 10.8. The molecule has 1 amide bonds. The number of aromatic nitrogens is 2. The van der Waals surface area contributed by atoms with E-state index in [-0.39, 0.29) is 11.9 Å². The molecule has 1 unspecified atom stereocenters. The molecule has 142 valence electrons. The van der Waals surface area contributed by atoms with Crippen molar-refractivity contribution in [3.63, 3.8) is 0 Å². The smallest absolute Gasteiger partial charge is 0.261 e. The van der Waals surface area contributed by atoms with Crippen molar-refractivity contribution in [3.05, 3.63) is 52.0 Å². The molecule has 1 fully saturated rings. The van der Waals surface area contributed by atoms with Gasteiger partial charge in [0.15, 0.2) is 0 Å². The van der Waals surface area contributed by atoms with E-state index in [1.54, 1.807) is 11.3 Å². The van der Waals surface area contributed by atoms with Crippen molar-refractivity contribution in [1.82, 2.24) is 20.4 Å². The van der Waals surface area contributed by atoms with Crippen molar-refractivity contribution in [3.8, 4) is 0 Å². The Hall–Kier alpha value is -2.18. The lowest BCUT2D eigenvalue weighted by Gasteiger charge is -2.15. The second-order valence-electron chi connectivity index (χ2n) is 7.41. The summed E-state index contributed by atoms with van der Waals surface area (Å²) < 4.78 is 2.02. The lowest BCUT2D eigenvalue weighted by molar-refractivity contribution is 0.0938. The molecule has 3 heterocycles. The van der Waals surface area contributed by atoms with E-state index >= 15 is 0 Å². The normalized spacial score (nSPS) is 17.8. The molecule has 2 aromatic heterocycles. The van der Waals surface area contributed by atoms with Crippen LogP contribution in [0.3, 0.4) is 0 Å². The van der Waals surface area contributed by atoms with E-state index in [2.05, 4.69) is 46.9 Å². The van der Waals surface area contributed by atoms with Crippen molar-refractivity contribution in [1.29, 1.82) is 0 Å². The van der Waals surface area contributed by atoms with Crippen LogP contribution in [0.2, 0.25) is 0 Å². The zero-order valence-corrected chi connectivity index (χ0v) is 16.7. The second-order valence-corrected chi connectivity index (χ2v) is 8.44. The van der Waals surface area contributed by atoms with Crippen LogP contribution in [0.4, 0.5) is 0 Å². The minimum absolute atomic E-state index is 0.0457. The number of hydrogen-bond acceptors (Lipinski definition) is 4. The molecule has 1 saturated heterocycles. The maximum absolute atomic E-state index is 12.8. The van der Waals surface area contributed by atoms with Crippen molar-refractivity contribution >= 4 is 27.5 Å². The number of nitrogens with zero attached hydrogens (tertiary/aromatic N) is 2. The monoisotopic (exact) mass is 382 g/mol. The van der Waals surface area contributed by atoms with Gasteiger partial charge in [-0.15, -0.1) is 11.3 Å². The van der Waals surface area contributed by atoms with E-state index in [1.165, 1.54) is 11.1 Å². The van der Waals surface area contributed by atoms with Crippen molar-refractivity contribution in [2.45, 2.75) is 45.7 Å². The highest BCUT2D eigenvalue weighted by Crippen LogP contribution is 2.29. The molecule has 0 spiro atoms. The van der Waals surface area contributed by atoms with Gasteiger partial charge in [-0.05, 0) is 57.8 Å². The molecule has 0 bridgehead atoms. The summed E-state index contributed by atoms with van der Waals surface area (Å²) in [7, 11) is 0. The van der Waals surface area contributed by atoms with E-state index in [4.69, 9.17) is 0 Å². The quantitative estimate of drug-likeness (QED) is 0.724. The highest BCUT2D eigenvalue weighted by Gasteiger charge is 2.20. The van der Waals surface area contributed by atoms with E-state index < -0.39 is 0 Å². The summed E-state index contributed by atoms with van der Waals surface area (Å²) in [5.41, 5.74) is 3.45. The highest BCUT2D eigenvalue weighted by molar-refractivity contribution is 7.20. The maximum atomic E-state index is 12.8. The number of carbonyl (C=O) groups excluding carboxylic acids is 1. The zero-order valence-electron chi connectivity index (χ0n) is 15.9. The van der Waals surface area contributed by atoms with Crippen LogP contribution in [0.25, 0.3) is 10.2 Å². The standard InChI is InChI=1S/C21H26N4OS/c1-14-5-7-16(8-6-14)13-25-21-18(15(2)24-25)12-19(27-21)20(26)23-17-4-3-10-22-11-9-17/h5-8,12,17,22H,3-4,9-11,13H2,1-2H3,(H,23,26). The predicted octanol–water partition coefficient (Wildman–Crippen LogP) is 3.63. The fourth-order valence-electron chi connectivity index (χ4n) is 3.62. The van der Waals surface area contributed by atoms with Crippen LogP contribution in [0, 0.1) is 13.8 Å². The number of amides is 1. The van der Waals surface area contributed by atoms with Crippen molar-refractivity contribution in [2.24, 2.45) is 0 Å². The predicted molar refractivity (Wildman–Crippen MR) is 111 cm³/mol. The molecule has 1 aliphatic rings. The molecule has 1 aliphatic heterocycles. The number of rotatable bonds is 4. The Bertz CT molecular complexity index is 933. The van der Waals surface area contributed by atoms with E-state index in [9.17, 15) is 4.79 Å². The lowest BCUT2D eigenvalue weighted by Crippen LogP contribution is -2.34. The van der Waals surface area contributed by atoms with Crippen molar-refractivity contribution in [2.75, 3.05) is 13.1 Å². The Labute approximate surface area is 163 Å². The molecule has 1 atom stereocenters. The Morgan fingerprint density at radius 3 is 2.89 bits per heavy atom. The molecule has 4 rings (SSSR count). The fourth-order valence-corrected chi connectivity index (χ4v) is 4.68. The van der Waals surface area contributed by atoms with Crippen molar-refractivity contribution < 1.29 is 4.79 Å². The van der Waals surface area contributed by atoms with Gasteiger partial charge in [0.2, 0.25) is 0 Å². The summed E-state index contributed by atoms with van der Waals surface area (Å²) in [6.07, 6.45) is 3.16. The zero-order chi connectivity index (χ0) is 18.8. The summed E-state index contributed by atoms with van der Waals surface area (Å²) in [5, 5.41) is 12.4. The number of thiophene rings is 1. The summed E-state index contributed by atoms with van der Waals surface area (Å²) in [4.78, 5) is 14.6. The van der Waals surface area contributed by atoms with Crippen LogP contribution in [-0.4, -0.2) is 34.8 Å². The van der Waals surface area contributed by atoms with E-state index in [0.29, 0.717) is 0 Å². The molecule has 0 radical (unpaired) electrons. The first kappa shape index (κ1) is 18.2. The molecule has 0 aliphatic carbocycles. The van der Waals surface area contributed by atoms with Gasteiger partial charge in [0.1, 0.15) is 4.83 Å². The van der Waals surface area contributed by atoms with Gasteiger partial charge in [-0.1, -0.05) is 29.8 Å². The molecule has 27 heavy (non-hydrogen) atoms. The van der Waals surface area contributed by atoms with Crippen LogP contribution >= 0.6 is 11.3 Å². The molecular formula is C21H26N4OS. The summed E-state index contributed by atoms with van der Waals surface area (Å²) in [6.45, 7) is 6.85. The topological polar surface area (TPSA) is 59.0 Å². The fraction of sp³-hybridized carbons (Fsp3) is 0.429. The average molecular weight is 383 g/mol. The molecule has 0 saturated carbocycles. The molecule has 1 aromatic carbocycles. The Morgan fingerprint density at radius 2 is 2.07 bits per heavy atom. The van der Waals surface area contributed by atoms with E-state index in [0.717, 1.165) is 59.7 Å². The van der Waals surface area contributed by atoms with Gasteiger partial charge >= 0.3 is 0 Å². The van der Waals surface area contributed by atoms with Crippen LogP contribution in [0.1, 0.15) is 45.8 Å². The Morgan fingerprint density at radius 1 is 1.26 bits per heavy atom. The number of carbonyl (C=O) groups is 1. The van der Waals surface area contributed by atoms with Gasteiger partial charge < -0.3 is 10.6 Å². The molecule has 3 aromatic rings. The highest BCUT2D eigenvalue weighted by atomic mass is 32.1. The van der Waals surface area contributed by atoms with Gasteiger partial charge in [-0.3, -0.25) is 9.48 Å². The first-order valence-corrected chi connectivity index (χ1v) is 10.5. The second kappa shape index (κ2) is 7.82. The molecule has 5 nitrogen and oxygen atoms in total. The van der Waals surface area contributed by atoms with Gasteiger partial charge in [0, 0.05) is 11.4 Å². The SMILES string of the molecule is Cc1ccc(Cn2nc(C)c3cc(C(=O)NC4CCCNCC4)sc32)cc1. The third kappa shape index (κ3) is 4.06. The number of benzene rings is 1. The molecular weight excluding hydrogens is 356 g/mol. The first-order valence-electron chi connectivity index (χ1n) is 9.64. The Balaban J connectivity index is 1.54. The van der Waals surface area contributed by atoms with Crippen LogP contribution in [0.5, 0.6) is 0 Å². The minimum Gasteiger partial charge on any atom is -0.349 e. The lowest BCUT2D eigenvalue weighted by atomic mass is 10.1. The molecule has 6 heteroatoms. The first-order chi connectivity index (χ1) is 13.1. The Kier molecular flexibility index (Phi) is 5.27. The van der Waals surface area contributed by atoms with Gasteiger partial charge in [0.05, 0.1) is 17.1 Å². The number of aryl methyl sites for hydroxylation is 2. The minimum atomic E-state index is 0.0457. The van der Waals surface area contributed by atoms with Crippen LogP contribution in [0.15, 0.2) is 30.3 Å². The largest absolute Gasteiger partial charge is 0.349 e. The summed E-state index contributed by atoms with van der Waals surface area (Å²) >= 11 is 1.54. The molecule has 2 N–H and O–H groups in total. The maximum Gasteiger partial charge on any atom is 0.261 e. The third-order valence-corrected chi connectivity index (χ3v) is 6.34. The van der Waals surface area contributed by atoms with Gasteiger partial charge in [0.25, 0.3) is 5.91 Å². The number of nitrogens with one attached hydrogen (secondary N) is 2. The van der Waals surface area contributed by atoms with Crippen LogP contribution < -0.4 is 10.6 Å². The van der Waals surface area contributed by atoms with Gasteiger partial charge in [-0.2, -0.15) is 5.10 Å². The average Bonchev–Trinajstić information content (AvgIpc) is 3.10.